The van der Waals surface area contributed by atoms with Gasteiger partial charge in [0.15, 0.2) is 8.32 Å². The molecule has 18 heavy (non-hydrogen) atoms. The first-order valence-electron chi connectivity index (χ1n) is 6.58. The van der Waals surface area contributed by atoms with Gasteiger partial charge in [0, 0.05) is 0 Å². The number of carbonyl (C=O) groups excluding carboxylic acids is 1. The topological polar surface area (TPSA) is 35.5 Å². The van der Waals surface area contributed by atoms with Crippen molar-refractivity contribution in [3.05, 3.63) is 12.7 Å². The average Bonchev–Trinajstić information content (AvgIpc) is 2.15. The standard InChI is InChI=1S/C14H28O3Si/c1-8-10-12(11-13(15)16-9-2)17-18(6,7)14(3,4)5/h8,12H,1,9-11H2,2-7H3. The highest BCUT2D eigenvalue weighted by Gasteiger charge is 2.39. The van der Waals surface area contributed by atoms with Crippen LogP contribution in [0.4, 0.5) is 0 Å². The summed E-state index contributed by atoms with van der Waals surface area (Å²) in [4.78, 5) is 11.5. The molecule has 0 aliphatic heterocycles. The summed E-state index contributed by atoms with van der Waals surface area (Å²) < 4.78 is 11.2. The quantitative estimate of drug-likeness (QED) is 0.400. The third-order valence-corrected chi connectivity index (χ3v) is 7.93. The summed E-state index contributed by atoms with van der Waals surface area (Å²) in [7, 11) is -1.85. The number of ether oxygens (including phenoxy) is 1. The SMILES string of the molecule is C=CCC(CC(=O)OCC)O[Si](C)(C)C(C)(C)C. The number of rotatable bonds is 7. The van der Waals surface area contributed by atoms with E-state index in [-0.39, 0.29) is 17.1 Å². The summed E-state index contributed by atoms with van der Waals surface area (Å²) in [5.74, 6) is -0.192. The lowest BCUT2D eigenvalue weighted by Gasteiger charge is -2.39. The maximum Gasteiger partial charge on any atom is 0.308 e. The van der Waals surface area contributed by atoms with E-state index in [1.54, 1.807) is 6.08 Å². The van der Waals surface area contributed by atoms with Crippen LogP contribution in [0, 0.1) is 0 Å². The van der Waals surface area contributed by atoms with Crippen molar-refractivity contribution in [3.8, 4) is 0 Å². The van der Waals surface area contributed by atoms with Crippen LogP contribution >= 0.6 is 0 Å². The molecule has 3 nitrogen and oxygen atoms in total. The molecule has 0 aliphatic rings. The third kappa shape index (κ3) is 5.82. The monoisotopic (exact) mass is 272 g/mol. The van der Waals surface area contributed by atoms with Gasteiger partial charge in [-0.05, 0) is 31.5 Å². The van der Waals surface area contributed by atoms with Gasteiger partial charge in [0.1, 0.15) is 0 Å². The summed E-state index contributed by atoms with van der Waals surface area (Å²) in [5.41, 5.74) is 0. The fourth-order valence-electron chi connectivity index (χ4n) is 1.36. The van der Waals surface area contributed by atoms with Crippen LogP contribution in [0.25, 0.3) is 0 Å². The van der Waals surface area contributed by atoms with E-state index in [1.807, 2.05) is 6.92 Å². The van der Waals surface area contributed by atoms with Crippen LogP contribution in [0.15, 0.2) is 12.7 Å². The van der Waals surface area contributed by atoms with Gasteiger partial charge < -0.3 is 9.16 Å². The van der Waals surface area contributed by atoms with E-state index in [2.05, 4.69) is 40.4 Å². The minimum Gasteiger partial charge on any atom is -0.466 e. The van der Waals surface area contributed by atoms with Crippen LogP contribution in [-0.2, 0) is 14.0 Å². The molecule has 0 bridgehead atoms. The highest BCUT2D eigenvalue weighted by molar-refractivity contribution is 6.74. The lowest BCUT2D eigenvalue weighted by molar-refractivity contribution is -0.145. The molecule has 0 spiro atoms. The third-order valence-electron chi connectivity index (χ3n) is 3.40. The second kappa shape index (κ2) is 7.09. The summed E-state index contributed by atoms with van der Waals surface area (Å²) in [6.45, 7) is 16.9. The van der Waals surface area contributed by atoms with Crippen molar-refractivity contribution in [1.82, 2.24) is 0 Å². The molecule has 0 fully saturated rings. The van der Waals surface area contributed by atoms with Gasteiger partial charge in [-0.2, -0.15) is 0 Å². The fourth-order valence-corrected chi connectivity index (χ4v) is 2.72. The van der Waals surface area contributed by atoms with Crippen LogP contribution in [0.1, 0.15) is 40.5 Å². The Morgan fingerprint density at radius 1 is 1.39 bits per heavy atom. The van der Waals surface area contributed by atoms with Crippen LogP contribution in [0.3, 0.4) is 0 Å². The zero-order valence-corrected chi connectivity index (χ0v) is 13.7. The maximum atomic E-state index is 11.5. The van der Waals surface area contributed by atoms with Gasteiger partial charge in [-0.25, -0.2) is 0 Å². The molecule has 0 aliphatic carbocycles. The van der Waals surface area contributed by atoms with Gasteiger partial charge in [-0.1, -0.05) is 26.8 Å². The van der Waals surface area contributed by atoms with Gasteiger partial charge in [0.2, 0.25) is 0 Å². The molecule has 1 atom stereocenters. The van der Waals surface area contributed by atoms with Crippen LogP contribution < -0.4 is 0 Å². The number of esters is 1. The molecule has 0 aromatic carbocycles. The summed E-state index contributed by atoms with van der Waals surface area (Å²) in [6.07, 6.45) is 2.69. The Hall–Kier alpha value is -0.613. The Morgan fingerprint density at radius 2 is 1.94 bits per heavy atom. The van der Waals surface area contributed by atoms with Crippen molar-refractivity contribution in [2.24, 2.45) is 0 Å². The number of carbonyl (C=O) groups is 1. The predicted octanol–water partition coefficient (Wildman–Crippen LogP) is 3.91. The highest BCUT2D eigenvalue weighted by atomic mass is 28.4. The summed E-state index contributed by atoms with van der Waals surface area (Å²) >= 11 is 0. The Bertz CT molecular complexity index is 279. The van der Waals surface area contributed by atoms with E-state index >= 15 is 0 Å². The van der Waals surface area contributed by atoms with E-state index in [4.69, 9.17) is 9.16 Å². The Morgan fingerprint density at radius 3 is 2.33 bits per heavy atom. The first-order valence-corrected chi connectivity index (χ1v) is 9.49. The first kappa shape index (κ1) is 17.4. The first-order chi connectivity index (χ1) is 8.14. The normalized spacial score (nSPS) is 14.1. The minimum atomic E-state index is -1.85. The zero-order valence-electron chi connectivity index (χ0n) is 12.7. The van der Waals surface area contributed by atoms with E-state index < -0.39 is 8.32 Å². The summed E-state index contributed by atoms with van der Waals surface area (Å²) in [5, 5.41) is 0.140. The molecule has 0 rings (SSSR count). The molecule has 0 saturated heterocycles. The molecule has 0 N–H and O–H groups in total. The van der Waals surface area contributed by atoms with E-state index in [0.29, 0.717) is 19.4 Å². The van der Waals surface area contributed by atoms with Gasteiger partial charge in [-0.15, -0.1) is 6.58 Å². The predicted molar refractivity (Wildman–Crippen MR) is 78.1 cm³/mol. The van der Waals surface area contributed by atoms with Crippen molar-refractivity contribution in [2.45, 2.75) is 64.8 Å². The summed E-state index contributed by atoms with van der Waals surface area (Å²) in [6, 6.07) is 0. The molecule has 1 unspecified atom stereocenters. The Kier molecular flexibility index (Phi) is 6.85. The molecule has 0 amide bonds. The van der Waals surface area contributed by atoms with Crippen molar-refractivity contribution < 1.29 is 14.0 Å². The van der Waals surface area contributed by atoms with Crippen molar-refractivity contribution >= 4 is 14.3 Å². The molecule has 0 saturated carbocycles. The lowest BCUT2D eigenvalue weighted by atomic mass is 10.2. The van der Waals surface area contributed by atoms with Crippen LogP contribution in [0.5, 0.6) is 0 Å². The highest BCUT2D eigenvalue weighted by Crippen LogP contribution is 2.38. The molecule has 0 radical (unpaired) electrons. The number of hydrogen-bond acceptors (Lipinski definition) is 3. The van der Waals surface area contributed by atoms with Crippen LogP contribution in [0.2, 0.25) is 18.1 Å². The van der Waals surface area contributed by atoms with E-state index in [0.717, 1.165) is 0 Å². The smallest absolute Gasteiger partial charge is 0.308 e. The molecule has 0 aromatic rings. The minimum absolute atomic E-state index is 0.109. The maximum absolute atomic E-state index is 11.5. The van der Waals surface area contributed by atoms with Crippen molar-refractivity contribution in [1.29, 1.82) is 0 Å². The van der Waals surface area contributed by atoms with Crippen LogP contribution in [-0.4, -0.2) is 27.0 Å². The lowest BCUT2D eigenvalue weighted by Crippen LogP contribution is -2.44. The molecular weight excluding hydrogens is 244 g/mol. The second-order valence-corrected chi connectivity index (χ2v) is 10.8. The Labute approximate surface area is 113 Å². The molecule has 4 heteroatoms. The van der Waals surface area contributed by atoms with E-state index in [9.17, 15) is 4.79 Å². The Balaban J connectivity index is 4.62. The zero-order chi connectivity index (χ0) is 14.4. The molecule has 106 valence electrons. The van der Waals surface area contributed by atoms with Gasteiger partial charge in [0.05, 0.1) is 19.1 Å². The van der Waals surface area contributed by atoms with Gasteiger partial charge in [0.25, 0.3) is 0 Å². The molecule has 0 aromatic heterocycles. The van der Waals surface area contributed by atoms with Gasteiger partial charge in [-0.3, -0.25) is 4.79 Å². The molecular formula is C14H28O3Si. The molecule has 0 heterocycles. The van der Waals surface area contributed by atoms with E-state index in [1.165, 1.54) is 0 Å². The van der Waals surface area contributed by atoms with Crippen molar-refractivity contribution in [2.75, 3.05) is 6.61 Å². The van der Waals surface area contributed by atoms with Crippen molar-refractivity contribution in [3.63, 3.8) is 0 Å². The fraction of sp³-hybridized carbons (Fsp3) is 0.786. The second-order valence-electron chi connectivity index (χ2n) is 6.03. The number of hydrogen-bond donors (Lipinski definition) is 0. The largest absolute Gasteiger partial charge is 0.466 e. The average molecular weight is 272 g/mol. The van der Waals surface area contributed by atoms with Gasteiger partial charge >= 0.3 is 5.97 Å².